The normalized spacial score (nSPS) is 14.1. The van der Waals surface area contributed by atoms with Crippen LogP contribution in [0.25, 0.3) is 0 Å². The lowest BCUT2D eigenvalue weighted by Crippen LogP contribution is -2.35. The molecule has 3 nitrogen and oxygen atoms in total. The van der Waals surface area contributed by atoms with Crippen molar-refractivity contribution in [3.05, 3.63) is 40.5 Å². The molecule has 0 fully saturated rings. The standard InChI is InChI=1S/C12H13Cl2N3.BrH/c1-2-8-17(12-15-6-7-16-12)11-9(13)4-3-5-10(11)14;/h2-5,8H,6-7H2,1H3,(H,15,16);1H/b8-2-;. The lowest BCUT2D eigenvalue weighted by molar-refractivity contribution is 0.953. The topological polar surface area (TPSA) is 27.6 Å². The van der Waals surface area contributed by atoms with Crippen molar-refractivity contribution in [3.8, 4) is 0 Å². The maximum absolute atomic E-state index is 6.20. The number of hydrogen-bond donors (Lipinski definition) is 1. The van der Waals surface area contributed by atoms with Crippen LogP contribution in [0.4, 0.5) is 5.69 Å². The lowest BCUT2D eigenvalue weighted by atomic mass is 10.3. The van der Waals surface area contributed by atoms with E-state index in [1.807, 2.05) is 42.3 Å². The number of allylic oxidation sites excluding steroid dienone is 1. The number of hydrogen-bond acceptors (Lipinski definition) is 3. The first-order valence-electron chi connectivity index (χ1n) is 5.38. The first-order valence-corrected chi connectivity index (χ1v) is 6.14. The summed E-state index contributed by atoms with van der Waals surface area (Å²) in [4.78, 5) is 6.25. The molecule has 0 aliphatic carbocycles. The summed E-state index contributed by atoms with van der Waals surface area (Å²) < 4.78 is 0. The highest BCUT2D eigenvalue weighted by Gasteiger charge is 2.19. The third-order valence-corrected chi connectivity index (χ3v) is 2.97. The predicted molar refractivity (Wildman–Crippen MR) is 84.4 cm³/mol. The summed E-state index contributed by atoms with van der Waals surface area (Å²) in [5, 5.41) is 4.41. The number of nitrogens with zero attached hydrogens (tertiary/aromatic N) is 2. The average molecular weight is 351 g/mol. The van der Waals surface area contributed by atoms with Gasteiger partial charge in [-0.3, -0.25) is 9.89 Å². The molecule has 1 aliphatic rings. The van der Waals surface area contributed by atoms with Crippen LogP contribution in [-0.4, -0.2) is 19.0 Å². The third-order valence-electron chi connectivity index (χ3n) is 2.36. The second-order valence-electron chi connectivity index (χ2n) is 3.55. The zero-order chi connectivity index (χ0) is 12.3. The summed E-state index contributed by atoms with van der Waals surface area (Å²) in [6.45, 7) is 3.55. The molecule has 0 unspecified atom stereocenters. The zero-order valence-corrected chi connectivity index (χ0v) is 13.1. The Hall–Kier alpha value is -0.710. The fraction of sp³-hybridized carbons (Fsp3) is 0.250. The molecule has 0 saturated heterocycles. The van der Waals surface area contributed by atoms with Gasteiger partial charge in [0.2, 0.25) is 5.96 Å². The van der Waals surface area contributed by atoms with E-state index in [-0.39, 0.29) is 17.0 Å². The molecule has 0 spiro atoms. The van der Waals surface area contributed by atoms with Crippen LogP contribution in [0, 0.1) is 0 Å². The Morgan fingerprint density at radius 1 is 1.33 bits per heavy atom. The van der Waals surface area contributed by atoms with Gasteiger partial charge in [-0.25, -0.2) is 0 Å². The zero-order valence-electron chi connectivity index (χ0n) is 9.86. The number of para-hydroxylation sites is 1. The molecule has 1 heterocycles. The lowest BCUT2D eigenvalue weighted by Gasteiger charge is -2.22. The van der Waals surface area contributed by atoms with Crippen LogP contribution in [0.1, 0.15) is 6.92 Å². The summed E-state index contributed by atoms with van der Waals surface area (Å²) in [5.74, 6) is 0.776. The molecule has 98 valence electrons. The van der Waals surface area contributed by atoms with Gasteiger partial charge in [0.15, 0.2) is 0 Å². The summed E-state index contributed by atoms with van der Waals surface area (Å²) in [6, 6.07) is 5.45. The smallest absolute Gasteiger partial charge is 0.202 e. The van der Waals surface area contributed by atoms with Crippen molar-refractivity contribution in [3.63, 3.8) is 0 Å². The summed E-state index contributed by atoms with van der Waals surface area (Å²) in [7, 11) is 0. The van der Waals surface area contributed by atoms with Crippen LogP contribution in [0.2, 0.25) is 10.0 Å². The highest BCUT2D eigenvalue weighted by Crippen LogP contribution is 2.34. The van der Waals surface area contributed by atoms with E-state index in [9.17, 15) is 0 Å². The summed E-state index contributed by atoms with van der Waals surface area (Å²) in [6.07, 6.45) is 3.81. The minimum atomic E-state index is 0. The molecule has 2 rings (SSSR count). The molecule has 18 heavy (non-hydrogen) atoms. The number of rotatable bonds is 2. The van der Waals surface area contributed by atoms with E-state index < -0.39 is 0 Å². The highest BCUT2D eigenvalue weighted by molar-refractivity contribution is 8.93. The first-order chi connectivity index (χ1) is 8.24. The van der Waals surface area contributed by atoms with Gasteiger partial charge < -0.3 is 5.32 Å². The minimum absolute atomic E-state index is 0. The van der Waals surface area contributed by atoms with Gasteiger partial charge in [-0.1, -0.05) is 35.3 Å². The Morgan fingerprint density at radius 2 is 2.00 bits per heavy atom. The predicted octanol–water partition coefficient (Wildman–Crippen LogP) is 3.87. The molecule has 0 saturated carbocycles. The molecule has 0 atom stereocenters. The van der Waals surface area contributed by atoms with E-state index in [1.54, 1.807) is 0 Å². The summed E-state index contributed by atoms with van der Waals surface area (Å²) >= 11 is 12.4. The Kier molecular flexibility index (Phi) is 5.99. The quantitative estimate of drug-likeness (QED) is 0.876. The van der Waals surface area contributed by atoms with E-state index in [2.05, 4.69) is 10.3 Å². The first kappa shape index (κ1) is 15.3. The van der Waals surface area contributed by atoms with E-state index in [0.29, 0.717) is 10.0 Å². The molecule has 1 aliphatic heterocycles. The second kappa shape index (κ2) is 7.02. The van der Waals surface area contributed by atoms with Crippen LogP contribution < -0.4 is 10.2 Å². The van der Waals surface area contributed by atoms with Crippen molar-refractivity contribution in [1.82, 2.24) is 5.32 Å². The number of anilines is 1. The van der Waals surface area contributed by atoms with Gasteiger partial charge in [0.05, 0.1) is 22.3 Å². The van der Waals surface area contributed by atoms with Gasteiger partial charge in [0.1, 0.15) is 0 Å². The molecule has 1 N–H and O–H groups in total. The van der Waals surface area contributed by atoms with E-state index >= 15 is 0 Å². The minimum Gasteiger partial charge on any atom is -0.354 e. The molecule has 0 amide bonds. The van der Waals surface area contributed by atoms with Gasteiger partial charge in [0.25, 0.3) is 0 Å². The van der Waals surface area contributed by atoms with Crippen LogP contribution in [0.3, 0.4) is 0 Å². The maximum atomic E-state index is 6.20. The fourth-order valence-corrected chi connectivity index (χ4v) is 2.25. The van der Waals surface area contributed by atoms with Crippen LogP contribution in [-0.2, 0) is 0 Å². The molecular weight excluding hydrogens is 337 g/mol. The van der Waals surface area contributed by atoms with Crippen molar-refractivity contribution in [2.75, 3.05) is 18.0 Å². The van der Waals surface area contributed by atoms with Gasteiger partial charge in [-0.2, -0.15) is 0 Å². The number of benzene rings is 1. The van der Waals surface area contributed by atoms with Crippen LogP contribution in [0.15, 0.2) is 35.5 Å². The fourth-order valence-electron chi connectivity index (χ4n) is 1.67. The largest absolute Gasteiger partial charge is 0.354 e. The van der Waals surface area contributed by atoms with Crippen molar-refractivity contribution >= 4 is 51.8 Å². The molecular formula is C12H14BrCl2N3. The van der Waals surface area contributed by atoms with Crippen LogP contribution in [0.5, 0.6) is 0 Å². The third kappa shape index (κ3) is 3.19. The second-order valence-corrected chi connectivity index (χ2v) is 4.37. The summed E-state index contributed by atoms with van der Waals surface area (Å²) in [5.41, 5.74) is 0.752. The van der Waals surface area contributed by atoms with Gasteiger partial charge >= 0.3 is 0 Å². The Bertz CT molecular complexity index is 454. The van der Waals surface area contributed by atoms with Gasteiger partial charge in [-0.15, -0.1) is 17.0 Å². The number of halogens is 3. The monoisotopic (exact) mass is 349 g/mol. The molecule has 1 aromatic rings. The number of guanidine groups is 1. The van der Waals surface area contributed by atoms with Crippen molar-refractivity contribution in [2.45, 2.75) is 6.92 Å². The van der Waals surface area contributed by atoms with Crippen molar-refractivity contribution in [2.24, 2.45) is 4.99 Å². The Balaban J connectivity index is 0.00000162. The molecule has 6 heteroatoms. The Labute approximate surface area is 127 Å². The van der Waals surface area contributed by atoms with Gasteiger partial charge in [-0.05, 0) is 19.1 Å². The average Bonchev–Trinajstić information content (AvgIpc) is 2.80. The van der Waals surface area contributed by atoms with Crippen molar-refractivity contribution < 1.29 is 0 Å². The van der Waals surface area contributed by atoms with E-state index in [1.165, 1.54) is 0 Å². The molecule has 0 bridgehead atoms. The van der Waals surface area contributed by atoms with E-state index in [4.69, 9.17) is 23.2 Å². The number of aliphatic imine (C=N–C) groups is 1. The van der Waals surface area contributed by atoms with Crippen molar-refractivity contribution in [1.29, 1.82) is 0 Å². The molecule has 0 radical (unpaired) electrons. The molecule has 1 aromatic carbocycles. The SMILES string of the molecule is Br.C/C=C\N(C1=NCCN1)c1c(Cl)cccc1Cl. The van der Waals surface area contributed by atoms with E-state index in [0.717, 1.165) is 24.7 Å². The molecule has 0 aromatic heterocycles. The Morgan fingerprint density at radius 3 is 2.50 bits per heavy atom. The number of nitrogens with one attached hydrogen (secondary N) is 1. The van der Waals surface area contributed by atoms with Crippen LogP contribution >= 0.6 is 40.2 Å². The highest BCUT2D eigenvalue weighted by atomic mass is 79.9. The maximum Gasteiger partial charge on any atom is 0.202 e. The van der Waals surface area contributed by atoms with Gasteiger partial charge in [0, 0.05) is 12.7 Å².